The normalized spacial score (nSPS) is 11.9. The first kappa shape index (κ1) is 16.9. The average Bonchev–Trinajstić information content (AvgIpc) is 2.62. The summed E-state index contributed by atoms with van der Waals surface area (Å²) in [7, 11) is 0. The summed E-state index contributed by atoms with van der Waals surface area (Å²) in [4.78, 5) is 28.0. The van der Waals surface area contributed by atoms with Crippen molar-refractivity contribution in [3.05, 3.63) is 77.1 Å². The van der Waals surface area contributed by atoms with E-state index in [2.05, 4.69) is 10.3 Å². The summed E-state index contributed by atoms with van der Waals surface area (Å²) in [6, 6.07) is 14.9. The van der Waals surface area contributed by atoms with Gasteiger partial charge in [-0.3, -0.25) is 9.78 Å². The van der Waals surface area contributed by atoms with E-state index in [9.17, 15) is 14.7 Å². The summed E-state index contributed by atoms with van der Waals surface area (Å²) in [5.41, 5.74) is 0.949. The quantitative estimate of drug-likeness (QED) is 0.736. The minimum atomic E-state index is -1.11. The molecule has 0 aliphatic heterocycles. The second-order valence-corrected chi connectivity index (χ2v) is 6.05. The van der Waals surface area contributed by atoms with E-state index in [4.69, 9.17) is 11.6 Å². The minimum Gasteiger partial charge on any atom is -0.480 e. The van der Waals surface area contributed by atoms with Gasteiger partial charge in [0.05, 0.1) is 0 Å². The van der Waals surface area contributed by atoms with Crippen LogP contribution in [0.15, 0.2) is 60.8 Å². The number of nitrogens with one attached hydrogen (secondary N) is 1. The van der Waals surface area contributed by atoms with Crippen LogP contribution in [-0.2, 0) is 11.2 Å². The second-order valence-electron chi connectivity index (χ2n) is 5.61. The highest BCUT2D eigenvalue weighted by molar-refractivity contribution is 6.30. The molecule has 1 heterocycles. The number of rotatable bonds is 5. The zero-order chi connectivity index (χ0) is 17.8. The number of hydrogen-bond acceptors (Lipinski definition) is 3. The summed E-state index contributed by atoms with van der Waals surface area (Å²) in [6.07, 6.45) is 1.75. The van der Waals surface area contributed by atoms with E-state index in [1.54, 1.807) is 36.5 Å². The van der Waals surface area contributed by atoms with Gasteiger partial charge >= 0.3 is 5.97 Å². The maximum atomic E-state index is 12.4. The molecular weight excluding hydrogens is 340 g/mol. The van der Waals surface area contributed by atoms with Crippen LogP contribution in [0.3, 0.4) is 0 Å². The molecule has 2 aromatic carbocycles. The summed E-state index contributed by atoms with van der Waals surface area (Å²) in [5, 5.41) is 14.3. The molecule has 6 heteroatoms. The lowest BCUT2D eigenvalue weighted by Crippen LogP contribution is -2.42. The third-order valence-corrected chi connectivity index (χ3v) is 4.07. The van der Waals surface area contributed by atoms with Gasteiger partial charge < -0.3 is 10.4 Å². The Kier molecular flexibility index (Phi) is 4.95. The molecule has 1 unspecified atom stereocenters. The standard InChI is InChI=1S/C19H15ClN2O3/c20-15-7-5-12(6-8-15)9-17(19(24)25)22-18(23)16-10-13-3-1-2-4-14(13)11-21-16/h1-8,10-11,17H,9H2,(H,22,23)(H,24,25). The number of nitrogens with zero attached hydrogens (tertiary/aromatic N) is 1. The van der Waals surface area contributed by atoms with Crippen molar-refractivity contribution >= 4 is 34.2 Å². The van der Waals surface area contributed by atoms with Gasteiger partial charge in [0.2, 0.25) is 0 Å². The van der Waals surface area contributed by atoms with Crippen LogP contribution in [0.25, 0.3) is 10.8 Å². The summed E-state index contributed by atoms with van der Waals surface area (Å²) in [5.74, 6) is -1.63. The van der Waals surface area contributed by atoms with Gasteiger partial charge in [0.1, 0.15) is 11.7 Å². The molecule has 0 spiro atoms. The Hall–Kier alpha value is -2.92. The van der Waals surface area contributed by atoms with Crippen molar-refractivity contribution < 1.29 is 14.7 Å². The summed E-state index contributed by atoms with van der Waals surface area (Å²) >= 11 is 5.83. The van der Waals surface area contributed by atoms with Crippen LogP contribution < -0.4 is 5.32 Å². The van der Waals surface area contributed by atoms with Gasteiger partial charge in [-0.25, -0.2) is 4.79 Å². The number of carbonyl (C=O) groups is 2. The largest absolute Gasteiger partial charge is 0.480 e. The highest BCUT2D eigenvalue weighted by atomic mass is 35.5. The van der Waals surface area contributed by atoms with Crippen molar-refractivity contribution in [2.24, 2.45) is 0 Å². The molecule has 0 fully saturated rings. The van der Waals surface area contributed by atoms with Crippen LogP contribution in [0.2, 0.25) is 5.02 Å². The van der Waals surface area contributed by atoms with Crippen molar-refractivity contribution in [2.45, 2.75) is 12.5 Å². The second kappa shape index (κ2) is 7.32. The maximum Gasteiger partial charge on any atom is 0.326 e. The van der Waals surface area contributed by atoms with Gasteiger partial charge in [-0.1, -0.05) is 48.0 Å². The number of aliphatic carboxylic acids is 1. The van der Waals surface area contributed by atoms with E-state index in [0.29, 0.717) is 5.02 Å². The number of carboxylic acids is 1. The van der Waals surface area contributed by atoms with Gasteiger partial charge in [-0.15, -0.1) is 0 Å². The minimum absolute atomic E-state index is 0.159. The van der Waals surface area contributed by atoms with Crippen LogP contribution in [0.4, 0.5) is 0 Å². The molecule has 2 N–H and O–H groups in total. The smallest absolute Gasteiger partial charge is 0.326 e. The van der Waals surface area contributed by atoms with Crippen LogP contribution in [0, 0.1) is 0 Å². The lowest BCUT2D eigenvalue weighted by atomic mass is 10.1. The Labute approximate surface area is 149 Å². The first-order chi connectivity index (χ1) is 12.0. The lowest BCUT2D eigenvalue weighted by molar-refractivity contribution is -0.139. The number of aromatic nitrogens is 1. The van der Waals surface area contributed by atoms with E-state index >= 15 is 0 Å². The predicted octanol–water partition coefficient (Wildman–Crippen LogP) is 3.31. The van der Waals surface area contributed by atoms with Crippen molar-refractivity contribution in [1.29, 1.82) is 0 Å². The molecule has 1 atom stereocenters. The van der Waals surface area contributed by atoms with Crippen molar-refractivity contribution in [3.63, 3.8) is 0 Å². The van der Waals surface area contributed by atoms with Gasteiger partial charge in [-0.05, 0) is 29.1 Å². The van der Waals surface area contributed by atoms with E-state index in [-0.39, 0.29) is 12.1 Å². The number of amides is 1. The number of carbonyl (C=O) groups excluding carboxylic acids is 1. The average molecular weight is 355 g/mol. The number of carboxylic acid groups (broad SMARTS) is 1. The molecule has 126 valence electrons. The monoisotopic (exact) mass is 354 g/mol. The highest BCUT2D eigenvalue weighted by Crippen LogP contribution is 2.14. The molecule has 0 radical (unpaired) electrons. The Balaban J connectivity index is 1.77. The zero-order valence-electron chi connectivity index (χ0n) is 13.1. The molecule has 0 aliphatic rings. The number of pyridine rings is 1. The molecular formula is C19H15ClN2O3. The maximum absolute atomic E-state index is 12.4. The predicted molar refractivity (Wildman–Crippen MR) is 95.8 cm³/mol. The fourth-order valence-electron chi connectivity index (χ4n) is 2.50. The van der Waals surface area contributed by atoms with Gasteiger partial charge in [-0.2, -0.15) is 0 Å². The fraction of sp³-hybridized carbons (Fsp3) is 0.105. The van der Waals surface area contributed by atoms with Crippen LogP contribution in [-0.4, -0.2) is 28.0 Å². The summed E-state index contributed by atoms with van der Waals surface area (Å²) < 4.78 is 0. The van der Waals surface area contributed by atoms with E-state index in [1.807, 2.05) is 24.3 Å². The number of benzene rings is 2. The van der Waals surface area contributed by atoms with Gasteiger partial charge in [0, 0.05) is 23.0 Å². The number of hydrogen-bond donors (Lipinski definition) is 2. The van der Waals surface area contributed by atoms with Gasteiger partial charge in [0.15, 0.2) is 0 Å². The van der Waals surface area contributed by atoms with E-state index in [0.717, 1.165) is 16.3 Å². The highest BCUT2D eigenvalue weighted by Gasteiger charge is 2.22. The molecule has 1 amide bonds. The Morgan fingerprint density at radius 1 is 1.08 bits per heavy atom. The first-order valence-electron chi connectivity index (χ1n) is 7.66. The molecule has 0 bridgehead atoms. The molecule has 5 nitrogen and oxygen atoms in total. The molecule has 3 rings (SSSR count). The summed E-state index contributed by atoms with van der Waals surface area (Å²) in [6.45, 7) is 0. The zero-order valence-corrected chi connectivity index (χ0v) is 13.9. The fourth-order valence-corrected chi connectivity index (χ4v) is 2.62. The third-order valence-electron chi connectivity index (χ3n) is 3.82. The van der Waals surface area contributed by atoms with Crippen LogP contribution in [0.1, 0.15) is 16.1 Å². The number of fused-ring (bicyclic) bond motifs is 1. The van der Waals surface area contributed by atoms with Crippen molar-refractivity contribution in [3.8, 4) is 0 Å². The van der Waals surface area contributed by atoms with Crippen LogP contribution in [0.5, 0.6) is 0 Å². The van der Waals surface area contributed by atoms with E-state index < -0.39 is 17.9 Å². The molecule has 0 aliphatic carbocycles. The third kappa shape index (κ3) is 4.14. The van der Waals surface area contributed by atoms with Crippen molar-refractivity contribution in [1.82, 2.24) is 10.3 Å². The Morgan fingerprint density at radius 2 is 1.76 bits per heavy atom. The first-order valence-corrected chi connectivity index (χ1v) is 8.03. The molecule has 0 saturated heterocycles. The van der Waals surface area contributed by atoms with Crippen LogP contribution >= 0.6 is 11.6 Å². The van der Waals surface area contributed by atoms with Crippen molar-refractivity contribution in [2.75, 3.05) is 0 Å². The molecule has 1 aromatic heterocycles. The molecule has 0 saturated carbocycles. The Morgan fingerprint density at radius 3 is 2.44 bits per heavy atom. The number of halogens is 1. The lowest BCUT2D eigenvalue weighted by Gasteiger charge is -2.14. The SMILES string of the molecule is O=C(NC(Cc1ccc(Cl)cc1)C(=O)O)c1cc2ccccc2cn1. The Bertz CT molecular complexity index is 925. The molecule has 25 heavy (non-hydrogen) atoms. The van der Waals surface area contributed by atoms with E-state index in [1.165, 1.54) is 0 Å². The van der Waals surface area contributed by atoms with Gasteiger partial charge in [0.25, 0.3) is 5.91 Å². The molecule has 3 aromatic rings. The topological polar surface area (TPSA) is 79.3 Å².